The Morgan fingerprint density at radius 1 is 0.839 bits per heavy atom. The normalized spacial score (nSPS) is 11.4. The molecule has 2 N–H and O–H groups in total. The molecule has 0 unspecified atom stereocenters. The number of carbonyl (C=O) groups is 1. The molecule has 0 aromatic heterocycles. The fourth-order valence-corrected chi connectivity index (χ4v) is 4.28. The maximum absolute atomic E-state index is 12.3. The van der Waals surface area contributed by atoms with Gasteiger partial charge in [0.2, 0.25) is 15.9 Å². The number of carbonyl (C=O) groups excluding carboxylic acids is 1. The van der Waals surface area contributed by atoms with Crippen molar-refractivity contribution in [3.05, 3.63) is 102 Å². The van der Waals surface area contributed by atoms with E-state index < -0.39 is 10.0 Å². The lowest BCUT2D eigenvalue weighted by atomic mass is 9.88. The van der Waals surface area contributed by atoms with Gasteiger partial charge >= 0.3 is 0 Å². The molecule has 6 heteroatoms. The number of hydrogen-bond acceptors (Lipinski definition) is 3. The zero-order valence-corrected chi connectivity index (χ0v) is 18.4. The monoisotopic (exact) mass is 436 g/mol. The third-order valence-electron chi connectivity index (χ3n) is 5.30. The topological polar surface area (TPSA) is 75.3 Å². The Bertz CT molecular complexity index is 1030. The van der Waals surface area contributed by atoms with E-state index in [-0.39, 0.29) is 16.7 Å². The number of hydrogen-bond donors (Lipinski definition) is 2. The van der Waals surface area contributed by atoms with Crippen LogP contribution in [0.1, 0.15) is 35.4 Å². The first kappa shape index (κ1) is 22.7. The molecule has 3 rings (SSSR count). The highest BCUT2D eigenvalue weighted by molar-refractivity contribution is 7.89. The van der Waals surface area contributed by atoms with Gasteiger partial charge in [-0.2, -0.15) is 0 Å². The van der Waals surface area contributed by atoms with E-state index in [1.807, 2.05) is 36.4 Å². The summed E-state index contributed by atoms with van der Waals surface area (Å²) in [7, 11) is -2.06. The predicted molar refractivity (Wildman–Crippen MR) is 123 cm³/mol. The Morgan fingerprint density at radius 2 is 1.39 bits per heavy atom. The molecule has 0 aliphatic rings. The Morgan fingerprint density at radius 3 is 1.90 bits per heavy atom. The largest absolute Gasteiger partial charge is 0.356 e. The first-order valence-corrected chi connectivity index (χ1v) is 11.9. The molecule has 3 aromatic carbocycles. The second kappa shape index (κ2) is 10.9. The van der Waals surface area contributed by atoms with E-state index in [0.29, 0.717) is 19.4 Å². The minimum absolute atomic E-state index is 0.00760. The third-order valence-corrected chi connectivity index (χ3v) is 6.73. The summed E-state index contributed by atoms with van der Waals surface area (Å²) in [5.41, 5.74) is 3.40. The molecule has 0 saturated heterocycles. The second-order valence-electron chi connectivity index (χ2n) is 7.36. The first-order chi connectivity index (χ1) is 15.0. The van der Waals surface area contributed by atoms with Crippen LogP contribution >= 0.6 is 0 Å². The molecule has 0 atom stereocenters. The van der Waals surface area contributed by atoms with Crippen LogP contribution in [0.5, 0.6) is 0 Å². The van der Waals surface area contributed by atoms with Gasteiger partial charge in [-0.3, -0.25) is 4.79 Å². The van der Waals surface area contributed by atoms with Crippen molar-refractivity contribution in [2.45, 2.75) is 30.1 Å². The van der Waals surface area contributed by atoms with Crippen LogP contribution in [0.4, 0.5) is 0 Å². The molecule has 31 heavy (non-hydrogen) atoms. The number of benzene rings is 3. The zero-order valence-electron chi connectivity index (χ0n) is 17.6. The van der Waals surface area contributed by atoms with Crippen molar-refractivity contribution in [1.82, 2.24) is 10.0 Å². The molecule has 0 saturated carbocycles. The highest BCUT2D eigenvalue weighted by Crippen LogP contribution is 2.27. The summed E-state index contributed by atoms with van der Waals surface area (Å²) in [6.07, 6.45) is 1.74. The van der Waals surface area contributed by atoms with Gasteiger partial charge < -0.3 is 5.32 Å². The highest BCUT2D eigenvalue weighted by Gasteiger charge is 2.14. The Kier molecular flexibility index (Phi) is 7.98. The van der Waals surface area contributed by atoms with Crippen molar-refractivity contribution < 1.29 is 13.2 Å². The molecule has 1 amide bonds. The van der Waals surface area contributed by atoms with Gasteiger partial charge in [-0.25, -0.2) is 13.1 Å². The Balaban J connectivity index is 1.52. The maximum Gasteiger partial charge on any atom is 0.240 e. The smallest absolute Gasteiger partial charge is 0.240 e. The number of nitrogens with one attached hydrogen (secondary N) is 2. The third kappa shape index (κ3) is 6.51. The lowest BCUT2D eigenvalue weighted by molar-refractivity contribution is -0.121. The minimum atomic E-state index is -3.44. The molecular formula is C25H28N2O3S. The summed E-state index contributed by atoms with van der Waals surface area (Å²) < 4.78 is 25.9. The van der Waals surface area contributed by atoms with E-state index >= 15 is 0 Å². The fourth-order valence-electron chi connectivity index (χ4n) is 3.55. The molecule has 0 bridgehead atoms. The molecule has 0 aliphatic carbocycles. The number of amides is 1. The van der Waals surface area contributed by atoms with Crippen molar-refractivity contribution in [3.8, 4) is 0 Å². The molecule has 0 aliphatic heterocycles. The van der Waals surface area contributed by atoms with Gasteiger partial charge in [-0.1, -0.05) is 72.8 Å². The molecule has 0 heterocycles. The highest BCUT2D eigenvalue weighted by atomic mass is 32.2. The molecular weight excluding hydrogens is 408 g/mol. The summed E-state index contributed by atoms with van der Waals surface area (Å²) in [6.45, 7) is 0.590. The maximum atomic E-state index is 12.3. The van der Waals surface area contributed by atoms with E-state index in [1.165, 1.54) is 18.2 Å². The number of sulfonamides is 1. The van der Waals surface area contributed by atoms with Crippen LogP contribution in [0.25, 0.3) is 0 Å². The van der Waals surface area contributed by atoms with Gasteiger partial charge in [0.15, 0.2) is 0 Å². The summed E-state index contributed by atoms with van der Waals surface area (Å²) in [5, 5.41) is 3.02. The molecule has 5 nitrogen and oxygen atoms in total. The molecule has 0 spiro atoms. The van der Waals surface area contributed by atoms with Gasteiger partial charge in [0.1, 0.15) is 0 Å². The van der Waals surface area contributed by atoms with Crippen molar-refractivity contribution >= 4 is 15.9 Å². The first-order valence-electron chi connectivity index (χ1n) is 10.4. The van der Waals surface area contributed by atoms with Gasteiger partial charge in [-0.15, -0.1) is 0 Å². The summed E-state index contributed by atoms with van der Waals surface area (Å²) >= 11 is 0. The summed E-state index contributed by atoms with van der Waals surface area (Å²) in [6, 6.07) is 27.3. The fraction of sp³-hybridized carbons (Fsp3) is 0.240. The van der Waals surface area contributed by atoms with E-state index in [2.05, 4.69) is 34.3 Å². The van der Waals surface area contributed by atoms with Crippen LogP contribution in [-0.4, -0.2) is 27.9 Å². The van der Waals surface area contributed by atoms with E-state index in [0.717, 1.165) is 12.0 Å². The van der Waals surface area contributed by atoms with Gasteiger partial charge in [0, 0.05) is 18.9 Å². The number of rotatable bonds is 10. The summed E-state index contributed by atoms with van der Waals surface area (Å²) in [4.78, 5) is 12.5. The van der Waals surface area contributed by atoms with Crippen LogP contribution in [0.15, 0.2) is 89.8 Å². The SMILES string of the molecule is CNS(=O)(=O)c1ccc(CCC(=O)NCCC(c2ccccc2)c2ccccc2)cc1. The van der Waals surface area contributed by atoms with Crippen LogP contribution in [0, 0.1) is 0 Å². The average Bonchev–Trinajstić information content (AvgIpc) is 2.82. The molecule has 162 valence electrons. The van der Waals surface area contributed by atoms with Crippen LogP contribution in [0.2, 0.25) is 0 Å². The van der Waals surface area contributed by atoms with Crippen molar-refractivity contribution in [1.29, 1.82) is 0 Å². The van der Waals surface area contributed by atoms with E-state index in [4.69, 9.17) is 0 Å². The van der Waals surface area contributed by atoms with Crippen LogP contribution in [-0.2, 0) is 21.2 Å². The van der Waals surface area contributed by atoms with Crippen LogP contribution in [0.3, 0.4) is 0 Å². The lowest BCUT2D eigenvalue weighted by Gasteiger charge is -2.18. The zero-order chi connectivity index (χ0) is 22.1. The van der Waals surface area contributed by atoms with E-state index in [1.54, 1.807) is 24.3 Å². The van der Waals surface area contributed by atoms with E-state index in [9.17, 15) is 13.2 Å². The van der Waals surface area contributed by atoms with Gasteiger partial charge in [0.25, 0.3) is 0 Å². The summed E-state index contributed by atoms with van der Waals surface area (Å²) in [5.74, 6) is 0.219. The Labute approximate surface area is 184 Å². The standard InChI is InChI=1S/C25H28N2O3S/c1-26-31(29,30)23-15-12-20(13-16-23)14-17-25(28)27-19-18-24(21-8-4-2-5-9-21)22-10-6-3-7-11-22/h2-13,15-16,24,26H,14,17-19H2,1H3,(H,27,28). The van der Waals surface area contributed by atoms with Crippen molar-refractivity contribution in [2.24, 2.45) is 0 Å². The second-order valence-corrected chi connectivity index (χ2v) is 9.25. The van der Waals surface area contributed by atoms with Crippen LogP contribution < -0.4 is 10.0 Å². The Hall–Kier alpha value is -2.96. The quantitative estimate of drug-likeness (QED) is 0.507. The predicted octanol–water partition coefficient (Wildman–Crippen LogP) is 3.87. The molecule has 0 radical (unpaired) electrons. The van der Waals surface area contributed by atoms with Gasteiger partial charge in [0.05, 0.1) is 4.90 Å². The minimum Gasteiger partial charge on any atom is -0.356 e. The lowest BCUT2D eigenvalue weighted by Crippen LogP contribution is -2.26. The average molecular weight is 437 g/mol. The van der Waals surface area contributed by atoms with Crippen molar-refractivity contribution in [3.63, 3.8) is 0 Å². The van der Waals surface area contributed by atoms with Crippen molar-refractivity contribution in [2.75, 3.05) is 13.6 Å². The molecule has 0 fully saturated rings. The number of aryl methyl sites for hydroxylation is 1. The van der Waals surface area contributed by atoms with Gasteiger partial charge in [-0.05, 0) is 48.7 Å². The molecule has 3 aromatic rings.